The number of nitrogens with one attached hydrogen (secondary N) is 3. The van der Waals surface area contributed by atoms with E-state index in [1.54, 1.807) is 7.11 Å². The minimum atomic E-state index is 0.852. The van der Waals surface area contributed by atoms with Gasteiger partial charge in [-0.25, -0.2) is 0 Å². The number of allylic oxidation sites excluding steroid dienone is 1. The molecule has 1 aromatic rings. The molecule has 1 heterocycles. The van der Waals surface area contributed by atoms with E-state index in [2.05, 4.69) is 21.7 Å². The first-order valence-electron chi connectivity index (χ1n) is 5.43. The zero-order valence-corrected chi connectivity index (χ0v) is 9.72. The number of hydrogen-bond acceptors (Lipinski definition) is 4. The molecule has 0 fully saturated rings. The summed E-state index contributed by atoms with van der Waals surface area (Å²) in [6.45, 7) is 2.02. The van der Waals surface area contributed by atoms with Crippen molar-refractivity contribution in [3.05, 3.63) is 52.9 Å². The smallest absolute Gasteiger partial charge is 0.128 e. The third kappa shape index (κ3) is 1.86. The molecule has 0 amide bonds. The second-order valence-electron chi connectivity index (χ2n) is 3.98. The van der Waals surface area contributed by atoms with E-state index in [9.17, 15) is 0 Å². The fourth-order valence-electron chi connectivity index (χ4n) is 1.69. The van der Waals surface area contributed by atoms with Crippen LogP contribution in [0.15, 0.2) is 52.9 Å². The summed E-state index contributed by atoms with van der Waals surface area (Å²) in [5.41, 5.74) is 7.27. The molecular formula is C13H13N3O. The number of rotatable bonds is 3. The lowest BCUT2D eigenvalue weighted by molar-refractivity contribution is 0.415. The van der Waals surface area contributed by atoms with E-state index >= 15 is 0 Å². The third-order valence-electron chi connectivity index (χ3n) is 2.73. The number of fused-ring (bicyclic) bond motifs is 1. The van der Waals surface area contributed by atoms with Crippen LogP contribution < -0.4 is 20.7 Å². The first-order valence-corrected chi connectivity index (χ1v) is 5.43. The van der Waals surface area contributed by atoms with Crippen LogP contribution in [0.3, 0.4) is 0 Å². The Morgan fingerprint density at radius 3 is 2.53 bits per heavy atom. The van der Waals surface area contributed by atoms with Crippen molar-refractivity contribution in [2.75, 3.05) is 12.4 Å². The van der Waals surface area contributed by atoms with E-state index in [1.165, 1.54) is 0 Å². The molecule has 0 aromatic heterocycles. The molecule has 1 aliphatic carbocycles. The lowest BCUT2D eigenvalue weighted by Gasteiger charge is -2.20. The van der Waals surface area contributed by atoms with Crippen molar-refractivity contribution >= 4 is 5.69 Å². The normalized spacial score (nSPS) is 16.1. The molecule has 3 rings (SSSR count). The Balaban J connectivity index is 1.75. The number of hydrogen-bond donors (Lipinski definition) is 3. The van der Waals surface area contributed by atoms with Gasteiger partial charge in [-0.05, 0) is 31.2 Å². The van der Waals surface area contributed by atoms with Gasteiger partial charge in [0.25, 0.3) is 0 Å². The highest BCUT2D eigenvalue weighted by Crippen LogP contribution is 2.24. The van der Waals surface area contributed by atoms with Crippen LogP contribution >= 0.6 is 0 Å². The predicted octanol–water partition coefficient (Wildman–Crippen LogP) is 1.87. The Hall–Kier alpha value is -2.32. The van der Waals surface area contributed by atoms with Crippen molar-refractivity contribution in [2.45, 2.75) is 6.92 Å². The molecule has 0 saturated heterocycles. The molecule has 86 valence electrons. The van der Waals surface area contributed by atoms with Gasteiger partial charge in [-0.1, -0.05) is 5.73 Å². The number of methoxy groups -OCH3 is 1. The average Bonchev–Trinajstić information content (AvgIpc) is 3.08. The van der Waals surface area contributed by atoms with Crippen molar-refractivity contribution in [2.24, 2.45) is 0 Å². The van der Waals surface area contributed by atoms with E-state index in [4.69, 9.17) is 4.74 Å². The largest absolute Gasteiger partial charge is 0.497 e. The lowest BCUT2D eigenvalue weighted by atomic mass is 10.3. The van der Waals surface area contributed by atoms with Crippen molar-refractivity contribution in [1.29, 1.82) is 0 Å². The first-order chi connectivity index (χ1) is 8.26. The molecule has 0 radical (unpaired) electrons. The molecule has 3 N–H and O–H groups in total. The van der Waals surface area contributed by atoms with E-state index in [1.807, 2.05) is 31.2 Å². The second kappa shape index (κ2) is 3.61. The summed E-state index contributed by atoms with van der Waals surface area (Å²) in [6.07, 6.45) is 0. The molecule has 0 saturated carbocycles. The van der Waals surface area contributed by atoms with Gasteiger partial charge in [0.15, 0.2) is 0 Å². The van der Waals surface area contributed by atoms with Crippen LogP contribution in [0.1, 0.15) is 6.92 Å². The average molecular weight is 227 g/mol. The van der Waals surface area contributed by atoms with Crippen molar-refractivity contribution in [3.63, 3.8) is 0 Å². The van der Waals surface area contributed by atoms with Gasteiger partial charge < -0.3 is 20.7 Å². The number of ether oxygens (including phenoxy) is 1. The molecule has 4 heteroatoms. The van der Waals surface area contributed by atoms with Crippen LogP contribution in [0.4, 0.5) is 5.69 Å². The monoisotopic (exact) mass is 227 g/mol. The number of anilines is 1. The van der Waals surface area contributed by atoms with Crippen LogP contribution in [0.5, 0.6) is 5.75 Å². The summed E-state index contributed by atoms with van der Waals surface area (Å²) < 4.78 is 5.12. The molecule has 1 aromatic carbocycles. The molecule has 1 aliphatic heterocycles. The lowest BCUT2D eigenvalue weighted by Crippen LogP contribution is -2.29. The maximum absolute atomic E-state index is 5.12. The molecule has 4 nitrogen and oxygen atoms in total. The highest BCUT2D eigenvalue weighted by Gasteiger charge is 2.23. The summed E-state index contributed by atoms with van der Waals surface area (Å²) in [5.74, 6) is 1.81. The highest BCUT2D eigenvalue weighted by atomic mass is 16.5. The van der Waals surface area contributed by atoms with Crippen LogP contribution in [0.25, 0.3) is 0 Å². The summed E-state index contributed by atoms with van der Waals surface area (Å²) in [6, 6.07) is 7.80. The third-order valence-corrected chi connectivity index (χ3v) is 2.73. The maximum Gasteiger partial charge on any atom is 0.128 e. The predicted molar refractivity (Wildman–Crippen MR) is 66.1 cm³/mol. The molecule has 17 heavy (non-hydrogen) atoms. The van der Waals surface area contributed by atoms with Gasteiger partial charge in [0.1, 0.15) is 23.0 Å². The minimum absolute atomic E-state index is 0.852. The van der Waals surface area contributed by atoms with Gasteiger partial charge in [-0.15, -0.1) is 0 Å². The molecular weight excluding hydrogens is 214 g/mol. The highest BCUT2D eigenvalue weighted by molar-refractivity contribution is 5.56. The summed E-state index contributed by atoms with van der Waals surface area (Å²) in [5, 5.41) is 9.82. The first kappa shape index (κ1) is 9.87. The zero-order chi connectivity index (χ0) is 11.8. The van der Waals surface area contributed by atoms with Crippen molar-refractivity contribution in [3.8, 4) is 5.75 Å². The SMILES string of the molecule is COc1ccc(NC2=C(C)NC3=C=C3N2)cc1. The van der Waals surface area contributed by atoms with E-state index in [0.717, 1.165) is 34.3 Å². The summed E-state index contributed by atoms with van der Waals surface area (Å²) in [4.78, 5) is 0. The molecule has 0 spiro atoms. The van der Waals surface area contributed by atoms with Crippen LogP contribution in [0.2, 0.25) is 0 Å². The Labute approximate surface area is 99.7 Å². The van der Waals surface area contributed by atoms with Crippen LogP contribution in [0, 0.1) is 0 Å². The fourth-order valence-corrected chi connectivity index (χ4v) is 1.69. The molecule has 2 aliphatic rings. The molecule has 0 bridgehead atoms. The van der Waals surface area contributed by atoms with Crippen LogP contribution in [-0.2, 0) is 0 Å². The van der Waals surface area contributed by atoms with Gasteiger partial charge in [0.05, 0.1) is 12.8 Å². The van der Waals surface area contributed by atoms with Gasteiger partial charge in [-0.2, -0.15) is 0 Å². The Morgan fingerprint density at radius 2 is 1.82 bits per heavy atom. The maximum atomic E-state index is 5.12. The minimum Gasteiger partial charge on any atom is -0.497 e. The summed E-state index contributed by atoms with van der Waals surface area (Å²) in [7, 11) is 1.66. The zero-order valence-electron chi connectivity index (χ0n) is 9.72. The van der Waals surface area contributed by atoms with Gasteiger partial charge in [-0.3, -0.25) is 0 Å². The second-order valence-corrected chi connectivity index (χ2v) is 3.98. The van der Waals surface area contributed by atoms with Gasteiger partial charge in [0, 0.05) is 5.69 Å². The van der Waals surface area contributed by atoms with Crippen molar-refractivity contribution in [1.82, 2.24) is 10.6 Å². The van der Waals surface area contributed by atoms with E-state index in [0.29, 0.717) is 0 Å². The summed E-state index contributed by atoms with van der Waals surface area (Å²) >= 11 is 0. The Kier molecular flexibility index (Phi) is 2.10. The van der Waals surface area contributed by atoms with Gasteiger partial charge >= 0.3 is 0 Å². The van der Waals surface area contributed by atoms with E-state index in [-0.39, 0.29) is 0 Å². The Morgan fingerprint density at radius 1 is 1.12 bits per heavy atom. The topological polar surface area (TPSA) is 45.3 Å². The van der Waals surface area contributed by atoms with Crippen LogP contribution in [-0.4, -0.2) is 7.11 Å². The number of benzene rings is 1. The van der Waals surface area contributed by atoms with Crippen molar-refractivity contribution < 1.29 is 4.74 Å². The Bertz CT molecular complexity index is 563. The van der Waals surface area contributed by atoms with E-state index < -0.39 is 0 Å². The molecule has 0 unspecified atom stereocenters. The van der Waals surface area contributed by atoms with Gasteiger partial charge in [0.2, 0.25) is 0 Å². The quantitative estimate of drug-likeness (QED) is 0.690. The molecule has 0 atom stereocenters. The fraction of sp³-hybridized carbons (Fsp3) is 0.154. The standard InChI is InChI=1S/C13H13N3O/c1-8-13(16-12-7-11(12)14-8)15-9-3-5-10(17-2)6-4-9/h3-6,14-16H,1-2H3.